The van der Waals surface area contributed by atoms with E-state index in [1.807, 2.05) is 13.8 Å². The number of ether oxygens (including phenoxy) is 1. The number of rotatable bonds is 6. The minimum Gasteiger partial charge on any atom is -0.452 e. The fourth-order valence-corrected chi connectivity index (χ4v) is 4.66. The van der Waals surface area contributed by atoms with Crippen molar-refractivity contribution in [1.29, 1.82) is 0 Å². The Morgan fingerprint density at radius 3 is 2.52 bits per heavy atom. The molecule has 1 aliphatic rings. The summed E-state index contributed by atoms with van der Waals surface area (Å²) in [5, 5.41) is 3.68. The number of hydrogen-bond acceptors (Lipinski definition) is 7. The topological polar surface area (TPSA) is 107 Å². The van der Waals surface area contributed by atoms with E-state index in [0.29, 0.717) is 24.4 Å². The first-order valence-electron chi connectivity index (χ1n) is 8.20. The van der Waals surface area contributed by atoms with E-state index in [4.69, 9.17) is 9.26 Å². The molecule has 25 heavy (non-hydrogen) atoms. The first-order chi connectivity index (χ1) is 11.6. The third-order valence-corrected chi connectivity index (χ3v) is 5.85. The van der Waals surface area contributed by atoms with Crippen LogP contribution in [-0.2, 0) is 19.4 Å². The third-order valence-electron chi connectivity index (χ3n) is 4.10. The SMILES string of the molecule is Cc1noc(C)c1C(=O)OCC(=O)N(CC(C)C)[C@@H]1CCS(=O)(=O)C1. The zero-order valence-electron chi connectivity index (χ0n) is 14.9. The maximum atomic E-state index is 12.5. The van der Waals surface area contributed by atoms with Crippen LogP contribution < -0.4 is 0 Å². The van der Waals surface area contributed by atoms with E-state index in [1.165, 1.54) is 4.90 Å². The predicted molar refractivity (Wildman–Crippen MR) is 89.9 cm³/mol. The van der Waals surface area contributed by atoms with E-state index in [-0.39, 0.29) is 29.0 Å². The maximum absolute atomic E-state index is 12.5. The Balaban J connectivity index is 2.03. The molecule has 1 aromatic rings. The molecule has 0 N–H and O–H groups in total. The van der Waals surface area contributed by atoms with E-state index in [1.54, 1.807) is 13.8 Å². The minimum atomic E-state index is -3.11. The molecule has 1 saturated heterocycles. The van der Waals surface area contributed by atoms with Gasteiger partial charge in [0.1, 0.15) is 11.3 Å². The number of esters is 1. The molecule has 140 valence electrons. The molecule has 0 saturated carbocycles. The van der Waals surface area contributed by atoms with Crippen LogP contribution in [0.15, 0.2) is 4.52 Å². The zero-order chi connectivity index (χ0) is 18.8. The van der Waals surface area contributed by atoms with Gasteiger partial charge in [-0.2, -0.15) is 0 Å². The lowest BCUT2D eigenvalue weighted by Gasteiger charge is -2.29. The van der Waals surface area contributed by atoms with E-state index >= 15 is 0 Å². The maximum Gasteiger partial charge on any atom is 0.344 e. The largest absolute Gasteiger partial charge is 0.452 e. The predicted octanol–water partition coefficient (Wildman–Crippen LogP) is 1.12. The quantitative estimate of drug-likeness (QED) is 0.689. The van der Waals surface area contributed by atoms with Crippen molar-refractivity contribution in [3.63, 3.8) is 0 Å². The fourth-order valence-electron chi connectivity index (χ4n) is 2.93. The van der Waals surface area contributed by atoms with Crippen LogP contribution in [0.25, 0.3) is 0 Å². The van der Waals surface area contributed by atoms with Crippen LogP contribution in [0.5, 0.6) is 0 Å². The first kappa shape index (κ1) is 19.4. The van der Waals surface area contributed by atoms with Crippen LogP contribution in [0.3, 0.4) is 0 Å². The highest BCUT2D eigenvalue weighted by Crippen LogP contribution is 2.20. The molecule has 0 bridgehead atoms. The van der Waals surface area contributed by atoms with Gasteiger partial charge in [0.25, 0.3) is 5.91 Å². The number of aromatic nitrogens is 1. The first-order valence-corrected chi connectivity index (χ1v) is 10.0. The van der Waals surface area contributed by atoms with Gasteiger partial charge in [0.2, 0.25) is 0 Å². The molecular weight excluding hydrogens is 348 g/mol. The van der Waals surface area contributed by atoms with Crippen LogP contribution in [-0.4, -0.2) is 61.1 Å². The number of aryl methyl sites for hydroxylation is 2. The molecule has 2 heterocycles. The van der Waals surface area contributed by atoms with Crippen LogP contribution in [0.2, 0.25) is 0 Å². The van der Waals surface area contributed by atoms with Crippen molar-refractivity contribution in [2.75, 3.05) is 24.7 Å². The van der Waals surface area contributed by atoms with Gasteiger partial charge in [-0.3, -0.25) is 4.79 Å². The van der Waals surface area contributed by atoms with Crippen molar-refractivity contribution in [3.05, 3.63) is 17.0 Å². The summed E-state index contributed by atoms with van der Waals surface area (Å²) < 4.78 is 33.4. The van der Waals surface area contributed by atoms with Crippen molar-refractivity contribution >= 4 is 21.7 Å². The van der Waals surface area contributed by atoms with Crippen molar-refractivity contribution in [3.8, 4) is 0 Å². The van der Waals surface area contributed by atoms with Gasteiger partial charge in [-0.25, -0.2) is 13.2 Å². The highest BCUT2D eigenvalue weighted by molar-refractivity contribution is 7.91. The number of nitrogens with zero attached hydrogens (tertiary/aromatic N) is 2. The summed E-state index contributed by atoms with van der Waals surface area (Å²) in [5.41, 5.74) is 0.613. The number of carbonyl (C=O) groups excluding carboxylic acids is 2. The van der Waals surface area contributed by atoms with Gasteiger partial charge < -0.3 is 14.2 Å². The third kappa shape index (κ3) is 4.81. The normalized spacial score (nSPS) is 19.2. The van der Waals surface area contributed by atoms with Crippen molar-refractivity contribution in [2.24, 2.45) is 5.92 Å². The van der Waals surface area contributed by atoms with Crippen LogP contribution in [0, 0.1) is 19.8 Å². The molecule has 8 nitrogen and oxygen atoms in total. The van der Waals surface area contributed by atoms with Crippen molar-refractivity contribution < 1.29 is 27.3 Å². The molecule has 0 unspecified atom stereocenters. The smallest absolute Gasteiger partial charge is 0.344 e. The summed E-state index contributed by atoms with van der Waals surface area (Å²) in [6, 6.07) is -0.363. The van der Waals surface area contributed by atoms with Gasteiger partial charge in [0.05, 0.1) is 17.2 Å². The summed E-state index contributed by atoms with van der Waals surface area (Å²) in [6.45, 7) is 7.07. The zero-order valence-corrected chi connectivity index (χ0v) is 15.8. The van der Waals surface area contributed by atoms with Gasteiger partial charge in [-0.15, -0.1) is 0 Å². The standard InChI is InChI=1S/C16H24N2O6S/c1-10(2)7-18(13-5-6-25(21,22)9-13)14(19)8-23-16(20)15-11(3)17-24-12(15)4/h10,13H,5-9H2,1-4H3/t13-/m1/s1. The Bertz CT molecular complexity index is 733. The molecule has 1 amide bonds. The highest BCUT2D eigenvalue weighted by Gasteiger charge is 2.35. The lowest BCUT2D eigenvalue weighted by molar-refractivity contribution is -0.137. The van der Waals surface area contributed by atoms with Gasteiger partial charge in [0.15, 0.2) is 16.4 Å². The lowest BCUT2D eigenvalue weighted by Crippen LogP contribution is -2.45. The summed E-state index contributed by atoms with van der Waals surface area (Å²) in [5.74, 6) is -0.521. The summed E-state index contributed by atoms with van der Waals surface area (Å²) in [4.78, 5) is 26.2. The molecule has 1 aliphatic heterocycles. The van der Waals surface area contributed by atoms with Gasteiger partial charge >= 0.3 is 5.97 Å². The summed E-state index contributed by atoms with van der Waals surface area (Å²) in [7, 11) is -3.11. The van der Waals surface area contributed by atoms with Gasteiger partial charge in [0, 0.05) is 12.6 Å². The lowest BCUT2D eigenvalue weighted by atomic mass is 10.1. The number of hydrogen-bond donors (Lipinski definition) is 0. The Labute approximate surface area is 147 Å². The monoisotopic (exact) mass is 372 g/mol. The number of sulfone groups is 1. The molecule has 0 radical (unpaired) electrons. The van der Waals surface area contributed by atoms with Crippen molar-refractivity contribution in [2.45, 2.75) is 40.2 Å². The second kappa shape index (κ2) is 7.55. The van der Waals surface area contributed by atoms with Crippen molar-refractivity contribution in [1.82, 2.24) is 10.1 Å². The Kier molecular flexibility index (Phi) is 5.87. The van der Waals surface area contributed by atoms with Crippen LogP contribution in [0.4, 0.5) is 0 Å². The van der Waals surface area contributed by atoms with E-state index in [9.17, 15) is 18.0 Å². The molecule has 0 spiro atoms. The molecule has 0 aromatic carbocycles. The average molecular weight is 372 g/mol. The van der Waals surface area contributed by atoms with Crippen LogP contribution >= 0.6 is 0 Å². The highest BCUT2D eigenvalue weighted by atomic mass is 32.2. The van der Waals surface area contributed by atoms with Gasteiger partial charge in [-0.05, 0) is 26.2 Å². The average Bonchev–Trinajstić information content (AvgIpc) is 3.04. The molecule has 2 rings (SSSR count). The Hall–Kier alpha value is -1.90. The molecule has 1 aromatic heterocycles. The summed E-state index contributed by atoms with van der Waals surface area (Å²) >= 11 is 0. The molecule has 9 heteroatoms. The number of amides is 1. The van der Waals surface area contributed by atoms with E-state index in [0.717, 1.165) is 0 Å². The van der Waals surface area contributed by atoms with E-state index in [2.05, 4.69) is 5.16 Å². The molecular formula is C16H24N2O6S. The Morgan fingerprint density at radius 1 is 1.36 bits per heavy atom. The van der Waals surface area contributed by atoms with Crippen LogP contribution in [0.1, 0.15) is 42.1 Å². The number of carbonyl (C=O) groups is 2. The molecule has 0 aliphatic carbocycles. The van der Waals surface area contributed by atoms with Gasteiger partial charge in [-0.1, -0.05) is 19.0 Å². The molecule has 1 fully saturated rings. The fraction of sp³-hybridized carbons (Fsp3) is 0.688. The summed E-state index contributed by atoms with van der Waals surface area (Å²) in [6.07, 6.45) is 0.415. The second-order valence-electron chi connectivity index (χ2n) is 6.77. The van der Waals surface area contributed by atoms with E-state index < -0.39 is 28.3 Å². The molecule has 1 atom stereocenters. The minimum absolute atomic E-state index is 0.0384. The second-order valence-corrected chi connectivity index (χ2v) is 9.00. The Morgan fingerprint density at radius 2 is 2.04 bits per heavy atom.